The molecule has 2 nitrogen and oxygen atoms in total. The molecule has 2 heteroatoms. The first kappa shape index (κ1) is 7.29. The van der Waals surface area contributed by atoms with Crippen LogP contribution in [0.4, 0.5) is 0 Å². The van der Waals surface area contributed by atoms with E-state index in [0.29, 0.717) is 11.8 Å². The lowest BCUT2D eigenvalue weighted by molar-refractivity contribution is -0.130. The van der Waals surface area contributed by atoms with Crippen LogP contribution in [0.25, 0.3) is 0 Å². The summed E-state index contributed by atoms with van der Waals surface area (Å²) in [6, 6.07) is 0.994. The highest BCUT2D eigenvalue weighted by atomic mass is 16.1. The number of piperidine rings is 2. The molecule has 0 saturated carbocycles. The molecule has 0 unspecified atom stereocenters. The summed E-state index contributed by atoms with van der Waals surface area (Å²) >= 11 is 0. The molecule has 0 spiro atoms. The van der Waals surface area contributed by atoms with Gasteiger partial charge in [-0.15, -0.1) is 0 Å². The zero-order valence-corrected chi connectivity index (χ0v) is 7.05. The van der Waals surface area contributed by atoms with Crippen LogP contribution in [0.2, 0.25) is 0 Å². The van der Waals surface area contributed by atoms with Gasteiger partial charge in [-0.1, -0.05) is 0 Å². The number of fused-ring (bicyclic) bond motifs is 2. The van der Waals surface area contributed by atoms with Gasteiger partial charge in [0, 0.05) is 12.5 Å². The molecular formula is C9H15NO. The van der Waals surface area contributed by atoms with Gasteiger partial charge in [-0.25, -0.2) is 0 Å². The van der Waals surface area contributed by atoms with Gasteiger partial charge in [-0.05, 0) is 32.7 Å². The van der Waals surface area contributed by atoms with Crippen LogP contribution < -0.4 is 0 Å². The van der Waals surface area contributed by atoms with E-state index in [4.69, 9.17) is 0 Å². The van der Waals surface area contributed by atoms with Crippen molar-refractivity contribution in [2.45, 2.75) is 44.2 Å². The maximum absolute atomic E-state index is 11.4. The summed E-state index contributed by atoms with van der Waals surface area (Å²) < 4.78 is 0. The molecule has 2 atom stereocenters. The fraction of sp³-hybridized carbons (Fsp3) is 0.889. The number of Topliss-reactive ketones (excluding diaryl/α,β-unsaturated/α-hetero) is 1. The third-order valence-corrected chi connectivity index (χ3v) is 3.18. The van der Waals surface area contributed by atoms with Gasteiger partial charge in [0.05, 0.1) is 6.04 Å². The summed E-state index contributed by atoms with van der Waals surface area (Å²) in [6.45, 7) is 0. The third-order valence-electron chi connectivity index (χ3n) is 3.18. The van der Waals surface area contributed by atoms with Crippen molar-refractivity contribution in [1.82, 2.24) is 4.90 Å². The van der Waals surface area contributed by atoms with Gasteiger partial charge < -0.3 is 0 Å². The second-order valence-electron chi connectivity index (χ2n) is 3.77. The number of ketones is 1. The number of carbonyl (C=O) groups excluding carboxylic acids is 1. The second kappa shape index (κ2) is 2.59. The van der Waals surface area contributed by atoms with Crippen molar-refractivity contribution in [2.24, 2.45) is 0 Å². The Morgan fingerprint density at radius 3 is 2.91 bits per heavy atom. The van der Waals surface area contributed by atoms with Crippen LogP contribution in [-0.2, 0) is 4.79 Å². The van der Waals surface area contributed by atoms with Crippen LogP contribution in [0.15, 0.2) is 0 Å². The lowest BCUT2D eigenvalue weighted by Gasteiger charge is -2.42. The molecule has 2 fully saturated rings. The zero-order valence-electron chi connectivity index (χ0n) is 7.05. The molecule has 2 aliphatic heterocycles. The monoisotopic (exact) mass is 153 g/mol. The van der Waals surface area contributed by atoms with Crippen molar-refractivity contribution >= 4 is 5.78 Å². The lowest BCUT2D eigenvalue weighted by Crippen LogP contribution is -2.51. The fourth-order valence-electron chi connectivity index (χ4n) is 2.42. The summed E-state index contributed by atoms with van der Waals surface area (Å²) in [5.74, 6) is 0.475. The Labute approximate surface area is 67.6 Å². The SMILES string of the molecule is CN1[C@@H]2CCC[C@H]1C(=O)CC2. The van der Waals surface area contributed by atoms with Crippen molar-refractivity contribution < 1.29 is 4.79 Å². The molecule has 62 valence electrons. The van der Waals surface area contributed by atoms with Crippen molar-refractivity contribution in [3.8, 4) is 0 Å². The minimum Gasteiger partial charge on any atom is -0.298 e. The summed E-state index contributed by atoms with van der Waals surface area (Å²) in [5, 5.41) is 0. The number of rotatable bonds is 0. The Kier molecular flexibility index (Phi) is 1.72. The molecular weight excluding hydrogens is 138 g/mol. The van der Waals surface area contributed by atoms with E-state index in [2.05, 4.69) is 11.9 Å². The highest BCUT2D eigenvalue weighted by Gasteiger charge is 2.35. The largest absolute Gasteiger partial charge is 0.298 e. The molecule has 0 N–H and O–H groups in total. The topological polar surface area (TPSA) is 20.3 Å². The van der Waals surface area contributed by atoms with Crippen LogP contribution in [0.5, 0.6) is 0 Å². The summed E-state index contributed by atoms with van der Waals surface area (Å²) in [4.78, 5) is 13.7. The molecule has 2 heterocycles. The van der Waals surface area contributed by atoms with Gasteiger partial charge >= 0.3 is 0 Å². The minimum atomic E-state index is 0.280. The molecule has 11 heavy (non-hydrogen) atoms. The van der Waals surface area contributed by atoms with E-state index < -0.39 is 0 Å². The Balaban J connectivity index is 2.15. The van der Waals surface area contributed by atoms with E-state index in [-0.39, 0.29) is 6.04 Å². The second-order valence-corrected chi connectivity index (χ2v) is 3.77. The van der Waals surface area contributed by atoms with Crippen molar-refractivity contribution in [3.63, 3.8) is 0 Å². The Bertz CT molecular complexity index is 178. The molecule has 0 aliphatic carbocycles. The van der Waals surface area contributed by atoms with Crippen molar-refractivity contribution in [2.75, 3.05) is 7.05 Å². The first-order valence-electron chi connectivity index (χ1n) is 4.53. The molecule has 2 rings (SSSR count). The van der Waals surface area contributed by atoms with Crippen molar-refractivity contribution in [1.29, 1.82) is 0 Å². The van der Waals surface area contributed by atoms with Crippen LogP contribution in [0.3, 0.4) is 0 Å². The van der Waals surface area contributed by atoms with Gasteiger partial charge in [0.15, 0.2) is 0 Å². The van der Waals surface area contributed by atoms with Crippen LogP contribution in [0.1, 0.15) is 32.1 Å². The van der Waals surface area contributed by atoms with E-state index >= 15 is 0 Å². The van der Waals surface area contributed by atoms with Gasteiger partial charge in [-0.3, -0.25) is 9.69 Å². The Morgan fingerprint density at radius 1 is 1.36 bits per heavy atom. The highest BCUT2D eigenvalue weighted by Crippen LogP contribution is 2.29. The average molecular weight is 153 g/mol. The molecule has 0 aromatic heterocycles. The summed E-state index contributed by atoms with van der Waals surface area (Å²) in [5.41, 5.74) is 0. The summed E-state index contributed by atoms with van der Waals surface area (Å²) in [7, 11) is 2.10. The highest BCUT2D eigenvalue weighted by molar-refractivity contribution is 5.84. The van der Waals surface area contributed by atoms with Crippen LogP contribution in [0, 0.1) is 0 Å². The average Bonchev–Trinajstić information content (AvgIpc) is 1.98. The predicted octanol–water partition coefficient (Wildman–Crippen LogP) is 1.20. The normalized spacial score (nSPS) is 39.2. The van der Waals surface area contributed by atoms with Crippen LogP contribution in [-0.4, -0.2) is 29.8 Å². The van der Waals surface area contributed by atoms with Crippen LogP contribution >= 0.6 is 0 Å². The number of nitrogens with zero attached hydrogens (tertiary/aromatic N) is 1. The predicted molar refractivity (Wildman–Crippen MR) is 43.4 cm³/mol. The maximum atomic E-state index is 11.4. The minimum absolute atomic E-state index is 0.280. The molecule has 2 aliphatic rings. The van der Waals surface area contributed by atoms with E-state index in [1.54, 1.807) is 0 Å². The van der Waals surface area contributed by atoms with E-state index in [9.17, 15) is 4.79 Å². The third kappa shape index (κ3) is 1.09. The zero-order chi connectivity index (χ0) is 7.84. The molecule has 0 radical (unpaired) electrons. The number of carbonyl (C=O) groups is 1. The number of likely N-dealkylation sites (N-methyl/N-ethyl adjacent to an activating group) is 1. The molecule has 0 aromatic carbocycles. The maximum Gasteiger partial charge on any atom is 0.150 e. The molecule has 2 saturated heterocycles. The number of hydrogen-bond donors (Lipinski definition) is 0. The number of hydrogen-bond acceptors (Lipinski definition) is 2. The molecule has 2 bridgehead atoms. The van der Waals surface area contributed by atoms with Gasteiger partial charge in [0.25, 0.3) is 0 Å². The standard InChI is InChI=1S/C9H15NO/c1-10-7-3-2-4-8(10)9(11)6-5-7/h7-8H,2-6H2,1H3/t7-,8+/m1/s1. The molecule has 0 aromatic rings. The van der Waals surface area contributed by atoms with Gasteiger partial charge in [0.2, 0.25) is 0 Å². The lowest BCUT2D eigenvalue weighted by atomic mass is 9.84. The smallest absolute Gasteiger partial charge is 0.150 e. The quantitative estimate of drug-likeness (QED) is 0.521. The van der Waals surface area contributed by atoms with E-state index in [0.717, 1.165) is 19.3 Å². The molecule has 0 amide bonds. The Hall–Kier alpha value is -0.370. The fourth-order valence-corrected chi connectivity index (χ4v) is 2.42. The van der Waals surface area contributed by atoms with E-state index in [1.165, 1.54) is 12.8 Å². The first-order chi connectivity index (χ1) is 5.29. The first-order valence-corrected chi connectivity index (χ1v) is 4.53. The van der Waals surface area contributed by atoms with E-state index in [1.807, 2.05) is 0 Å². The van der Waals surface area contributed by atoms with Crippen molar-refractivity contribution in [3.05, 3.63) is 0 Å². The summed E-state index contributed by atoms with van der Waals surface area (Å²) in [6.07, 6.45) is 5.60. The Morgan fingerprint density at radius 2 is 2.18 bits per heavy atom. The van der Waals surface area contributed by atoms with Gasteiger partial charge in [-0.2, -0.15) is 0 Å². The van der Waals surface area contributed by atoms with Gasteiger partial charge in [0.1, 0.15) is 5.78 Å².